The molecule has 0 saturated heterocycles. The van der Waals surface area contributed by atoms with Crippen molar-refractivity contribution in [3.05, 3.63) is 59.3 Å². The summed E-state index contributed by atoms with van der Waals surface area (Å²) in [4.78, 5) is 0. The fourth-order valence-corrected chi connectivity index (χ4v) is 2.34. The molecule has 0 bridgehead atoms. The number of phenols is 1. The number of hydrogen-bond acceptors (Lipinski definition) is 4. The normalized spacial score (nSPS) is 10.6. The first-order valence-electron chi connectivity index (χ1n) is 7.02. The van der Waals surface area contributed by atoms with Crippen molar-refractivity contribution in [1.82, 2.24) is 15.4 Å². The maximum Gasteiger partial charge on any atom is 0.120 e. The van der Waals surface area contributed by atoms with Crippen LogP contribution in [0.2, 0.25) is 0 Å². The second-order valence-corrected chi connectivity index (χ2v) is 5.18. The van der Waals surface area contributed by atoms with Gasteiger partial charge in [-0.2, -0.15) is 15.4 Å². The molecular formula is C17H17N3O2. The van der Waals surface area contributed by atoms with Gasteiger partial charge in [0.25, 0.3) is 0 Å². The molecule has 5 heteroatoms. The second kappa shape index (κ2) is 5.89. The minimum Gasteiger partial charge on any atom is -0.508 e. The van der Waals surface area contributed by atoms with Crippen molar-refractivity contribution >= 4 is 0 Å². The molecule has 3 aromatic rings. The first-order chi connectivity index (χ1) is 10.6. The summed E-state index contributed by atoms with van der Waals surface area (Å²) >= 11 is 0. The van der Waals surface area contributed by atoms with Crippen LogP contribution in [0.25, 0.3) is 11.3 Å². The fraction of sp³-hybridized carbons (Fsp3) is 0.176. The monoisotopic (exact) mass is 295 g/mol. The summed E-state index contributed by atoms with van der Waals surface area (Å²) in [6, 6.07) is 11.3. The van der Waals surface area contributed by atoms with Gasteiger partial charge >= 0.3 is 0 Å². The predicted octanol–water partition coefficient (Wildman–Crippen LogP) is 3.37. The molecular weight excluding hydrogens is 278 g/mol. The van der Waals surface area contributed by atoms with Gasteiger partial charge in [0.1, 0.15) is 23.8 Å². The number of aromatic nitrogens is 3. The standard InChI is InChI=1S/C17H17N3O2/c1-11-6-7-17(21)12(2)15(11)10-22-14-5-3-4-13(8-14)16-9-18-20-19-16/h3-9,21H,10H2,1-2H3,(H,18,19,20). The molecule has 0 aliphatic rings. The molecule has 0 atom stereocenters. The van der Waals surface area contributed by atoms with Crippen molar-refractivity contribution in [2.75, 3.05) is 0 Å². The smallest absolute Gasteiger partial charge is 0.120 e. The van der Waals surface area contributed by atoms with E-state index in [4.69, 9.17) is 4.74 Å². The average Bonchev–Trinajstić information content (AvgIpc) is 3.06. The lowest BCUT2D eigenvalue weighted by Gasteiger charge is -2.13. The summed E-state index contributed by atoms with van der Waals surface area (Å²) in [5.74, 6) is 1.04. The first-order valence-corrected chi connectivity index (χ1v) is 7.02. The number of rotatable bonds is 4. The average molecular weight is 295 g/mol. The van der Waals surface area contributed by atoms with Gasteiger partial charge in [0.15, 0.2) is 0 Å². The Morgan fingerprint density at radius 3 is 2.82 bits per heavy atom. The number of phenolic OH excluding ortho intramolecular Hbond substituents is 1. The molecule has 3 rings (SSSR count). The molecule has 112 valence electrons. The van der Waals surface area contributed by atoms with Crippen molar-refractivity contribution in [3.8, 4) is 22.8 Å². The number of aryl methyl sites for hydroxylation is 1. The van der Waals surface area contributed by atoms with Crippen LogP contribution >= 0.6 is 0 Å². The van der Waals surface area contributed by atoms with E-state index in [1.807, 2.05) is 44.2 Å². The second-order valence-electron chi connectivity index (χ2n) is 5.18. The van der Waals surface area contributed by atoms with Gasteiger partial charge < -0.3 is 9.84 Å². The Morgan fingerprint density at radius 1 is 1.18 bits per heavy atom. The lowest BCUT2D eigenvalue weighted by molar-refractivity contribution is 0.304. The Balaban J connectivity index is 1.80. The van der Waals surface area contributed by atoms with Crippen LogP contribution in [0, 0.1) is 13.8 Å². The Labute approximate surface area is 128 Å². The lowest BCUT2D eigenvalue weighted by atomic mass is 10.0. The van der Waals surface area contributed by atoms with Gasteiger partial charge in [-0.3, -0.25) is 0 Å². The SMILES string of the molecule is Cc1ccc(O)c(C)c1COc1cccc(-c2cn[nH]n2)c1. The van der Waals surface area contributed by atoms with Crippen molar-refractivity contribution in [1.29, 1.82) is 0 Å². The fourth-order valence-electron chi connectivity index (χ4n) is 2.34. The van der Waals surface area contributed by atoms with E-state index >= 15 is 0 Å². The third-order valence-electron chi connectivity index (χ3n) is 3.73. The zero-order valence-electron chi connectivity index (χ0n) is 12.5. The topological polar surface area (TPSA) is 71.0 Å². The van der Waals surface area contributed by atoms with Crippen LogP contribution in [-0.2, 0) is 6.61 Å². The minimum atomic E-state index is 0.292. The van der Waals surface area contributed by atoms with Gasteiger partial charge in [0.05, 0.1) is 6.20 Å². The van der Waals surface area contributed by atoms with Crippen LogP contribution in [0.4, 0.5) is 0 Å². The summed E-state index contributed by atoms with van der Waals surface area (Å²) in [5, 5.41) is 20.3. The highest BCUT2D eigenvalue weighted by Crippen LogP contribution is 2.26. The zero-order valence-corrected chi connectivity index (χ0v) is 12.5. The zero-order chi connectivity index (χ0) is 15.5. The quantitative estimate of drug-likeness (QED) is 0.774. The number of ether oxygens (including phenoxy) is 1. The van der Waals surface area contributed by atoms with E-state index in [-0.39, 0.29) is 0 Å². The van der Waals surface area contributed by atoms with E-state index in [9.17, 15) is 5.11 Å². The Bertz CT molecular complexity index is 783. The van der Waals surface area contributed by atoms with E-state index in [0.29, 0.717) is 12.4 Å². The molecule has 2 aromatic carbocycles. The van der Waals surface area contributed by atoms with Gasteiger partial charge in [-0.05, 0) is 48.7 Å². The summed E-state index contributed by atoms with van der Waals surface area (Å²) < 4.78 is 5.88. The predicted molar refractivity (Wildman–Crippen MR) is 83.7 cm³/mol. The molecule has 22 heavy (non-hydrogen) atoms. The van der Waals surface area contributed by atoms with E-state index in [0.717, 1.165) is 33.7 Å². The van der Waals surface area contributed by atoms with Crippen LogP contribution in [0.3, 0.4) is 0 Å². The van der Waals surface area contributed by atoms with E-state index in [2.05, 4.69) is 15.4 Å². The van der Waals surface area contributed by atoms with Crippen LogP contribution in [-0.4, -0.2) is 20.5 Å². The van der Waals surface area contributed by atoms with Gasteiger partial charge in [-0.15, -0.1) is 0 Å². The summed E-state index contributed by atoms with van der Waals surface area (Å²) in [7, 11) is 0. The van der Waals surface area contributed by atoms with Gasteiger partial charge in [-0.1, -0.05) is 18.2 Å². The van der Waals surface area contributed by atoms with Gasteiger partial charge in [0.2, 0.25) is 0 Å². The van der Waals surface area contributed by atoms with Crippen LogP contribution in [0.15, 0.2) is 42.6 Å². The molecule has 5 nitrogen and oxygen atoms in total. The molecule has 2 N–H and O–H groups in total. The Morgan fingerprint density at radius 2 is 2.05 bits per heavy atom. The maximum absolute atomic E-state index is 9.82. The molecule has 0 spiro atoms. The number of hydrogen-bond donors (Lipinski definition) is 2. The molecule has 0 radical (unpaired) electrons. The van der Waals surface area contributed by atoms with E-state index in [1.165, 1.54) is 0 Å². The molecule has 0 amide bonds. The molecule has 1 aromatic heterocycles. The van der Waals surface area contributed by atoms with Gasteiger partial charge in [-0.25, -0.2) is 0 Å². The van der Waals surface area contributed by atoms with Crippen molar-refractivity contribution in [2.24, 2.45) is 0 Å². The van der Waals surface area contributed by atoms with Crippen LogP contribution in [0.5, 0.6) is 11.5 Å². The number of aromatic amines is 1. The van der Waals surface area contributed by atoms with Crippen LogP contribution < -0.4 is 4.74 Å². The van der Waals surface area contributed by atoms with Crippen molar-refractivity contribution in [2.45, 2.75) is 20.5 Å². The molecule has 0 aliphatic heterocycles. The highest BCUT2D eigenvalue weighted by atomic mass is 16.5. The number of benzene rings is 2. The first kappa shape index (κ1) is 14.1. The number of aromatic hydroxyl groups is 1. The minimum absolute atomic E-state index is 0.292. The summed E-state index contributed by atoms with van der Waals surface area (Å²) in [6.07, 6.45) is 1.67. The summed E-state index contributed by atoms with van der Waals surface area (Å²) in [6.45, 7) is 4.32. The Hall–Kier alpha value is -2.82. The van der Waals surface area contributed by atoms with Gasteiger partial charge in [0, 0.05) is 5.56 Å². The number of H-pyrrole nitrogens is 1. The summed E-state index contributed by atoms with van der Waals surface area (Å²) in [5.41, 5.74) is 4.67. The van der Waals surface area contributed by atoms with Crippen molar-refractivity contribution < 1.29 is 9.84 Å². The third kappa shape index (κ3) is 2.79. The molecule has 0 unspecified atom stereocenters. The molecule has 0 saturated carbocycles. The largest absolute Gasteiger partial charge is 0.508 e. The maximum atomic E-state index is 9.82. The van der Waals surface area contributed by atoms with E-state index in [1.54, 1.807) is 12.3 Å². The highest BCUT2D eigenvalue weighted by Gasteiger charge is 2.08. The van der Waals surface area contributed by atoms with E-state index < -0.39 is 0 Å². The third-order valence-corrected chi connectivity index (χ3v) is 3.73. The van der Waals surface area contributed by atoms with Crippen molar-refractivity contribution in [3.63, 3.8) is 0 Å². The number of nitrogens with zero attached hydrogens (tertiary/aromatic N) is 2. The Kier molecular flexibility index (Phi) is 3.78. The molecule has 0 fully saturated rings. The number of nitrogens with one attached hydrogen (secondary N) is 1. The molecule has 1 heterocycles. The lowest BCUT2D eigenvalue weighted by Crippen LogP contribution is -2.01. The molecule has 0 aliphatic carbocycles. The highest BCUT2D eigenvalue weighted by molar-refractivity contribution is 5.59. The van der Waals surface area contributed by atoms with Crippen LogP contribution in [0.1, 0.15) is 16.7 Å².